The quantitative estimate of drug-likeness (QED) is 0.720. The molecule has 1 fully saturated rings. The number of piperidine rings is 1. The van der Waals surface area contributed by atoms with Crippen LogP contribution >= 0.6 is 0 Å². The van der Waals surface area contributed by atoms with Crippen LogP contribution in [0.5, 0.6) is 0 Å². The van der Waals surface area contributed by atoms with E-state index >= 15 is 0 Å². The van der Waals surface area contributed by atoms with Gasteiger partial charge in [-0.3, -0.25) is 9.59 Å². The average Bonchev–Trinajstić information content (AvgIpc) is 3.09. The summed E-state index contributed by atoms with van der Waals surface area (Å²) >= 11 is 0. The number of hydrogen-bond acceptors (Lipinski definition) is 5. The summed E-state index contributed by atoms with van der Waals surface area (Å²) in [5.41, 5.74) is 2.41. The molecule has 2 amide bonds. The minimum Gasteiger partial charge on any atom is -0.355 e. The summed E-state index contributed by atoms with van der Waals surface area (Å²) in [7, 11) is -3.66. The number of nitrogens with one attached hydrogen (secondary N) is 2. The zero-order valence-electron chi connectivity index (χ0n) is 17.9. The van der Waals surface area contributed by atoms with Crippen molar-refractivity contribution in [2.24, 2.45) is 10.3 Å². The van der Waals surface area contributed by atoms with E-state index in [9.17, 15) is 18.0 Å². The number of carbonyl (C=O) groups excluding carboxylic acids is 2. The Labute approximate surface area is 187 Å². The Morgan fingerprint density at radius 2 is 1.75 bits per heavy atom. The summed E-state index contributed by atoms with van der Waals surface area (Å²) in [5, 5.41) is 5.57. The number of hydrogen-bond donors (Lipinski definition) is 2. The lowest BCUT2D eigenvalue weighted by atomic mass is 9.95. The van der Waals surface area contributed by atoms with Gasteiger partial charge in [0.2, 0.25) is 11.8 Å². The van der Waals surface area contributed by atoms with E-state index in [1.165, 1.54) is 0 Å². The van der Waals surface area contributed by atoms with Crippen molar-refractivity contribution in [3.8, 4) is 0 Å². The number of nitrogens with zero attached hydrogens (tertiary/aromatic N) is 2. The normalized spacial score (nSPS) is 17.4. The maximum atomic E-state index is 12.6. The molecule has 0 bridgehead atoms. The van der Waals surface area contributed by atoms with Gasteiger partial charge in [-0.05, 0) is 43.0 Å². The van der Waals surface area contributed by atoms with Crippen LogP contribution in [-0.2, 0) is 26.0 Å². The van der Waals surface area contributed by atoms with E-state index in [1.54, 1.807) is 24.3 Å². The molecule has 2 aromatic carbocycles. The molecule has 0 radical (unpaired) electrons. The maximum absolute atomic E-state index is 12.6. The first-order valence-electron chi connectivity index (χ1n) is 10.7. The van der Waals surface area contributed by atoms with Gasteiger partial charge in [0.15, 0.2) is 5.84 Å². The van der Waals surface area contributed by atoms with Gasteiger partial charge >= 0.3 is 0 Å². The Balaban J connectivity index is 1.29. The molecule has 0 saturated carbocycles. The second kappa shape index (κ2) is 9.12. The molecule has 2 N–H and O–H groups in total. The van der Waals surface area contributed by atoms with Gasteiger partial charge in [-0.15, -0.1) is 4.40 Å². The number of carbonyl (C=O) groups is 2. The fourth-order valence-corrected chi connectivity index (χ4v) is 5.35. The van der Waals surface area contributed by atoms with Gasteiger partial charge in [-0.2, -0.15) is 8.42 Å². The SMILES string of the molecule is CCc1ccccc1NC(=O)CNC(=O)C1CCN(C2=NS(=O)(=O)c3ccccc32)CC1. The minimum atomic E-state index is -3.66. The summed E-state index contributed by atoms with van der Waals surface area (Å²) in [6.45, 7) is 2.98. The first kappa shape index (κ1) is 22.0. The van der Waals surface area contributed by atoms with Crippen LogP contribution in [0.15, 0.2) is 57.8 Å². The van der Waals surface area contributed by atoms with Gasteiger partial charge in [0.05, 0.1) is 6.54 Å². The number of sulfonamides is 1. The third-order valence-corrected chi connectivity index (χ3v) is 7.20. The molecular formula is C23H26N4O4S. The molecule has 2 aliphatic rings. The van der Waals surface area contributed by atoms with E-state index in [0.717, 1.165) is 17.7 Å². The largest absolute Gasteiger partial charge is 0.355 e. The topological polar surface area (TPSA) is 108 Å². The molecule has 2 heterocycles. The fraction of sp³-hybridized carbons (Fsp3) is 0.348. The summed E-state index contributed by atoms with van der Waals surface area (Å²) in [5.74, 6) is -0.201. The zero-order valence-corrected chi connectivity index (χ0v) is 18.7. The van der Waals surface area contributed by atoms with Crippen molar-refractivity contribution >= 4 is 33.4 Å². The Hall–Kier alpha value is -3.20. The van der Waals surface area contributed by atoms with E-state index < -0.39 is 10.0 Å². The molecule has 9 heteroatoms. The third-order valence-electron chi connectivity index (χ3n) is 5.87. The van der Waals surface area contributed by atoms with Crippen LogP contribution in [0.3, 0.4) is 0 Å². The Morgan fingerprint density at radius 3 is 2.50 bits per heavy atom. The number of anilines is 1. The molecule has 0 aromatic heterocycles. The molecule has 2 aliphatic heterocycles. The van der Waals surface area contributed by atoms with E-state index in [0.29, 0.717) is 37.3 Å². The predicted molar refractivity (Wildman–Crippen MR) is 122 cm³/mol. The summed E-state index contributed by atoms with van der Waals surface area (Å²) in [6, 6.07) is 14.4. The predicted octanol–water partition coefficient (Wildman–Crippen LogP) is 2.16. The van der Waals surface area contributed by atoms with Crippen LogP contribution in [-0.4, -0.2) is 50.6 Å². The monoisotopic (exact) mass is 454 g/mol. The lowest BCUT2D eigenvalue weighted by molar-refractivity contribution is -0.128. The first-order chi connectivity index (χ1) is 15.4. The van der Waals surface area contributed by atoms with Crippen molar-refractivity contribution in [2.75, 3.05) is 25.0 Å². The van der Waals surface area contributed by atoms with Crippen LogP contribution in [0, 0.1) is 5.92 Å². The molecule has 0 aliphatic carbocycles. The van der Waals surface area contributed by atoms with Crippen molar-refractivity contribution in [1.82, 2.24) is 10.2 Å². The molecule has 0 spiro atoms. The van der Waals surface area contributed by atoms with Crippen molar-refractivity contribution in [2.45, 2.75) is 31.1 Å². The second-order valence-electron chi connectivity index (χ2n) is 7.92. The molecule has 2 aromatic rings. The Morgan fingerprint density at radius 1 is 1.06 bits per heavy atom. The highest BCUT2D eigenvalue weighted by Gasteiger charge is 2.34. The smallest absolute Gasteiger partial charge is 0.285 e. The van der Waals surface area contributed by atoms with Gasteiger partial charge in [0.1, 0.15) is 4.90 Å². The van der Waals surface area contributed by atoms with E-state index in [-0.39, 0.29) is 29.2 Å². The summed E-state index contributed by atoms with van der Waals surface area (Å²) < 4.78 is 28.5. The number of rotatable bonds is 5. The van der Waals surface area contributed by atoms with Crippen molar-refractivity contribution < 1.29 is 18.0 Å². The van der Waals surface area contributed by atoms with Crippen LogP contribution in [0.2, 0.25) is 0 Å². The maximum Gasteiger partial charge on any atom is 0.285 e. The first-order valence-corrected chi connectivity index (χ1v) is 12.2. The highest BCUT2D eigenvalue weighted by atomic mass is 32.2. The number of aryl methyl sites for hydroxylation is 1. The zero-order chi connectivity index (χ0) is 22.7. The fourth-order valence-electron chi connectivity index (χ4n) is 4.13. The molecule has 4 rings (SSSR count). The van der Waals surface area contributed by atoms with Crippen molar-refractivity contribution in [3.63, 3.8) is 0 Å². The molecule has 32 heavy (non-hydrogen) atoms. The summed E-state index contributed by atoms with van der Waals surface area (Å²) in [6.07, 6.45) is 1.93. The van der Waals surface area contributed by atoms with Crippen LogP contribution in [0.4, 0.5) is 5.69 Å². The molecule has 0 atom stereocenters. The molecular weight excluding hydrogens is 428 g/mol. The molecule has 168 valence electrons. The Bertz CT molecular complexity index is 1170. The van der Waals surface area contributed by atoms with Gasteiger partial charge < -0.3 is 15.5 Å². The van der Waals surface area contributed by atoms with Crippen LogP contribution in [0.1, 0.15) is 30.9 Å². The summed E-state index contributed by atoms with van der Waals surface area (Å²) in [4.78, 5) is 27.0. The van der Waals surface area contributed by atoms with Crippen LogP contribution in [0.25, 0.3) is 0 Å². The number of para-hydroxylation sites is 1. The van der Waals surface area contributed by atoms with Gasteiger partial charge in [0.25, 0.3) is 10.0 Å². The standard InChI is InChI=1S/C23H26N4O4S/c1-2-16-7-3-5-9-19(16)25-21(28)15-24-23(29)17-11-13-27(14-12-17)22-18-8-4-6-10-20(18)32(30,31)26-22/h3-10,17H,2,11-15H2,1H3,(H,24,29)(H,25,28). The number of benzene rings is 2. The minimum absolute atomic E-state index is 0.0879. The van der Waals surface area contributed by atoms with Crippen LogP contribution < -0.4 is 10.6 Å². The van der Waals surface area contributed by atoms with Gasteiger partial charge in [0, 0.05) is 30.3 Å². The average molecular weight is 455 g/mol. The number of likely N-dealkylation sites (tertiary alicyclic amines) is 1. The number of amides is 2. The number of fused-ring (bicyclic) bond motifs is 1. The Kier molecular flexibility index (Phi) is 6.27. The highest BCUT2D eigenvalue weighted by Crippen LogP contribution is 2.29. The van der Waals surface area contributed by atoms with Crippen molar-refractivity contribution in [3.05, 3.63) is 59.7 Å². The lowest BCUT2D eigenvalue weighted by Gasteiger charge is -2.32. The van der Waals surface area contributed by atoms with E-state index in [1.807, 2.05) is 36.1 Å². The highest BCUT2D eigenvalue weighted by molar-refractivity contribution is 7.90. The number of amidine groups is 1. The molecule has 8 nitrogen and oxygen atoms in total. The lowest BCUT2D eigenvalue weighted by Crippen LogP contribution is -2.44. The third kappa shape index (κ3) is 4.52. The van der Waals surface area contributed by atoms with Gasteiger partial charge in [-0.1, -0.05) is 37.3 Å². The van der Waals surface area contributed by atoms with Crippen molar-refractivity contribution in [1.29, 1.82) is 0 Å². The molecule has 0 unspecified atom stereocenters. The van der Waals surface area contributed by atoms with Gasteiger partial charge in [-0.25, -0.2) is 0 Å². The van der Waals surface area contributed by atoms with E-state index in [4.69, 9.17) is 0 Å². The molecule has 1 saturated heterocycles. The second-order valence-corrected chi connectivity index (χ2v) is 9.50. The van der Waals surface area contributed by atoms with E-state index in [2.05, 4.69) is 15.0 Å².